The fraction of sp³-hybridized carbons (Fsp3) is 0.500. The molecule has 0 saturated carbocycles. The minimum absolute atomic E-state index is 0.126. The minimum Gasteiger partial charge on any atom is -0.504 e. The van der Waals surface area contributed by atoms with Crippen LogP contribution in [0.1, 0.15) is 58.0 Å². The zero-order valence-corrected chi connectivity index (χ0v) is 25.3. The molecule has 2 unspecified atom stereocenters. The number of methoxy groups -OCH3 is 1. The molecule has 0 spiro atoms. The standard InChI is InChI=1S/C32H39N5O6/c1-7-8-41-30-16(3)20-14-42-43-31(20)26-19(30)11-22-27-25-18(9-15(2)29(40-6)28(25)38)10-21(36(27)5)23(12-33)37(22)24(26)13-35-32(39)17(4)34/h7,9,17,21-24,27,38H,1,8,10-11,13-14,34H2,2-6H3,(H,35,39)/t17-,21-,22?,23?,24-,27-/m0/s1. The molecule has 4 N–H and O–H groups in total. The molecule has 6 atom stereocenters. The van der Waals surface area contributed by atoms with Gasteiger partial charge in [-0.2, -0.15) is 10.1 Å². The van der Waals surface area contributed by atoms with Crippen molar-refractivity contribution in [3.8, 4) is 29.1 Å². The number of rotatable bonds is 7. The van der Waals surface area contributed by atoms with Crippen LogP contribution in [0.3, 0.4) is 0 Å². The molecule has 0 aliphatic carbocycles. The highest BCUT2D eigenvalue weighted by Gasteiger charge is 2.56. The molecule has 2 aromatic carbocycles. The van der Waals surface area contributed by atoms with Crippen LogP contribution in [0, 0.1) is 25.2 Å². The predicted octanol–water partition coefficient (Wildman–Crippen LogP) is 2.64. The number of benzene rings is 2. The van der Waals surface area contributed by atoms with Crippen molar-refractivity contribution < 1.29 is 29.1 Å². The first kappa shape index (κ1) is 29.3. The summed E-state index contributed by atoms with van der Waals surface area (Å²) in [4.78, 5) is 28.5. The van der Waals surface area contributed by atoms with Gasteiger partial charge in [-0.25, -0.2) is 0 Å². The number of piperazine rings is 1. The maximum absolute atomic E-state index is 12.8. The van der Waals surface area contributed by atoms with Gasteiger partial charge in [0.15, 0.2) is 17.2 Å². The van der Waals surface area contributed by atoms with Gasteiger partial charge in [-0.05, 0) is 51.8 Å². The predicted molar refractivity (Wildman–Crippen MR) is 158 cm³/mol. The van der Waals surface area contributed by atoms with Gasteiger partial charge in [0.1, 0.15) is 25.0 Å². The van der Waals surface area contributed by atoms with E-state index >= 15 is 0 Å². The normalized spacial score (nSPS) is 26.1. The number of phenols is 1. The molecule has 4 aliphatic rings. The Morgan fingerprint density at radius 2 is 2.07 bits per heavy atom. The van der Waals surface area contributed by atoms with Crippen molar-refractivity contribution in [2.24, 2.45) is 5.73 Å². The summed E-state index contributed by atoms with van der Waals surface area (Å²) in [5.41, 5.74) is 12.2. The van der Waals surface area contributed by atoms with E-state index in [0.29, 0.717) is 30.9 Å². The second-order valence-corrected chi connectivity index (χ2v) is 12.0. The highest BCUT2D eigenvalue weighted by atomic mass is 17.2. The quantitative estimate of drug-likeness (QED) is 0.326. The maximum Gasteiger partial charge on any atom is 0.236 e. The summed E-state index contributed by atoms with van der Waals surface area (Å²) < 4.78 is 12.0. The molecule has 2 bridgehead atoms. The van der Waals surface area contributed by atoms with Crippen LogP contribution in [0.25, 0.3) is 0 Å². The summed E-state index contributed by atoms with van der Waals surface area (Å²) in [5, 5.41) is 25.4. The van der Waals surface area contributed by atoms with Crippen molar-refractivity contribution in [2.45, 2.75) is 76.5 Å². The molecule has 1 amide bonds. The van der Waals surface area contributed by atoms with Crippen LogP contribution >= 0.6 is 0 Å². The number of nitrogens with one attached hydrogen (secondary N) is 1. The van der Waals surface area contributed by atoms with Gasteiger partial charge in [0.05, 0.1) is 31.3 Å². The number of carbonyl (C=O) groups excluding carboxylic acids is 1. The Hall–Kier alpha value is -3.82. The van der Waals surface area contributed by atoms with Crippen molar-refractivity contribution >= 4 is 5.91 Å². The van der Waals surface area contributed by atoms with E-state index in [2.05, 4.69) is 33.8 Å². The van der Waals surface area contributed by atoms with E-state index < -0.39 is 18.1 Å². The number of carbonyl (C=O) groups is 1. The number of nitriles is 1. The molecule has 11 nitrogen and oxygen atoms in total. The van der Waals surface area contributed by atoms with Gasteiger partial charge in [0, 0.05) is 46.4 Å². The first-order valence-corrected chi connectivity index (χ1v) is 14.7. The van der Waals surface area contributed by atoms with E-state index in [1.54, 1.807) is 20.1 Å². The molecule has 0 aromatic heterocycles. The van der Waals surface area contributed by atoms with Crippen molar-refractivity contribution in [2.75, 3.05) is 27.3 Å². The van der Waals surface area contributed by atoms with Crippen molar-refractivity contribution in [1.29, 1.82) is 5.26 Å². The Bertz CT molecular complexity index is 1530. The first-order chi connectivity index (χ1) is 20.6. The van der Waals surface area contributed by atoms with Crippen molar-refractivity contribution in [3.63, 3.8) is 0 Å². The monoisotopic (exact) mass is 589 g/mol. The number of ether oxygens (including phenoxy) is 2. The third-order valence-electron chi connectivity index (χ3n) is 9.61. The summed E-state index contributed by atoms with van der Waals surface area (Å²) in [6.07, 6.45) is 2.79. The van der Waals surface area contributed by atoms with E-state index in [1.807, 2.05) is 20.9 Å². The molecule has 11 heteroatoms. The Labute approximate surface area is 251 Å². The molecule has 1 saturated heterocycles. The van der Waals surface area contributed by atoms with Gasteiger partial charge in [0.2, 0.25) is 5.91 Å². The number of likely N-dealkylation sites (N-methyl/N-ethyl adjacent to an activating group) is 1. The average Bonchev–Trinajstić information content (AvgIpc) is 3.46. The number of fused-ring (bicyclic) bond motifs is 9. The van der Waals surface area contributed by atoms with Gasteiger partial charge in [-0.1, -0.05) is 18.7 Å². The zero-order valence-electron chi connectivity index (χ0n) is 25.3. The number of aryl methyl sites for hydroxylation is 1. The smallest absolute Gasteiger partial charge is 0.236 e. The SMILES string of the molecule is C=CCOc1c(C)c2c(c3c1CC1[C@H]4c5c(cc(C)c(OC)c5O)C[C@@H](C(C#N)N1[C@H]3CNC(=O)[C@H](C)N)N4C)OOC2. The van der Waals surface area contributed by atoms with Gasteiger partial charge in [-0.15, -0.1) is 0 Å². The molecule has 228 valence electrons. The molecule has 0 radical (unpaired) electrons. The average molecular weight is 590 g/mol. The van der Waals surface area contributed by atoms with Crippen LogP contribution < -0.4 is 25.4 Å². The van der Waals surface area contributed by atoms with E-state index in [4.69, 9.17) is 25.0 Å². The minimum atomic E-state index is -0.702. The largest absolute Gasteiger partial charge is 0.504 e. The van der Waals surface area contributed by atoms with Gasteiger partial charge >= 0.3 is 0 Å². The van der Waals surface area contributed by atoms with Crippen LogP contribution in [0.4, 0.5) is 0 Å². The van der Waals surface area contributed by atoms with Crippen molar-refractivity contribution in [3.05, 3.63) is 57.7 Å². The summed E-state index contributed by atoms with van der Waals surface area (Å²) in [5.74, 6) is 1.62. The lowest BCUT2D eigenvalue weighted by Gasteiger charge is -2.60. The summed E-state index contributed by atoms with van der Waals surface area (Å²) in [6.45, 7) is 10.2. The van der Waals surface area contributed by atoms with Crippen LogP contribution in [0.5, 0.6) is 23.0 Å². The Balaban J connectivity index is 1.60. The van der Waals surface area contributed by atoms with Crippen LogP contribution in [-0.2, 0) is 29.1 Å². The summed E-state index contributed by atoms with van der Waals surface area (Å²) in [6, 6.07) is 2.30. The second kappa shape index (κ2) is 11.0. The molecular weight excluding hydrogens is 550 g/mol. The lowest BCUT2D eigenvalue weighted by atomic mass is 9.71. The lowest BCUT2D eigenvalue weighted by molar-refractivity contribution is -0.195. The number of hydrogen-bond acceptors (Lipinski definition) is 10. The number of hydrogen-bond donors (Lipinski definition) is 3. The van der Waals surface area contributed by atoms with Crippen molar-refractivity contribution in [1.82, 2.24) is 15.1 Å². The molecule has 6 rings (SSSR count). The van der Waals surface area contributed by atoms with Crippen LogP contribution in [-0.4, -0.2) is 72.3 Å². The molecule has 4 aliphatic heterocycles. The molecule has 4 heterocycles. The topological polar surface area (TPSA) is 143 Å². The summed E-state index contributed by atoms with van der Waals surface area (Å²) in [7, 11) is 3.58. The Kier molecular flexibility index (Phi) is 7.50. The molecule has 2 aromatic rings. The Morgan fingerprint density at radius 1 is 1.30 bits per heavy atom. The third-order valence-corrected chi connectivity index (χ3v) is 9.61. The first-order valence-electron chi connectivity index (χ1n) is 14.7. The third kappa shape index (κ3) is 4.35. The van der Waals surface area contributed by atoms with Crippen LogP contribution in [0.2, 0.25) is 0 Å². The number of nitrogens with two attached hydrogens (primary N) is 1. The van der Waals surface area contributed by atoms with E-state index in [-0.39, 0.29) is 42.9 Å². The highest BCUT2D eigenvalue weighted by Crippen LogP contribution is 2.57. The Morgan fingerprint density at radius 3 is 2.74 bits per heavy atom. The fourth-order valence-electron chi connectivity index (χ4n) is 7.75. The van der Waals surface area contributed by atoms with Gasteiger partial charge in [-0.3, -0.25) is 14.6 Å². The van der Waals surface area contributed by atoms with Gasteiger partial charge in [0.25, 0.3) is 0 Å². The number of nitrogens with zero attached hydrogens (tertiary/aromatic N) is 3. The maximum atomic E-state index is 12.8. The van der Waals surface area contributed by atoms with E-state index in [1.165, 1.54) is 0 Å². The molecular formula is C32H39N5O6. The number of aromatic hydroxyl groups is 1. The number of amides is 1. The van der Waals surface area contributed by atoms with Crippen LogP contribution in [0.15, 0.2) is 18.7 Å². The highest BCUT2D eigenvalue weighted by molar-refractivity contribution is 5.81. The van der Waals surface area contributed by atoms with E-state index in [0.717, 1.165) is 44.7 Å². The summed E-state index contributed by atoms with van der Waals surface area (Å²) >= 11 is 0. The van der Waals surface area contributed by atoms with E-state index in [9.17, 15) is 15.2 Å². The lowest BCUT2D eigenvalue weighted by Crippen LogP contribution is -2.69. The fourth-order valence-corrected chi connectivity index (χ4v) is 7.75. The second-order valence-electron chi connectivity index (χ2n) is 12.0. The molecule has 43 heavy (non-hydrogen) atoms. The number of phenolic OH excluding ortho intramolecular Hbond substituents is 1. The van der Waals surface area contributed by atoms with Gasteiger partial charge < -0.3 is 30.5 Å². The molecule has 1 fully saturated rings. The zero-order chi connectivity index (χ0) is 30.7.